The van der Waals surface area contributed by atoms with Gasteiger partial charge < -0.3 is 15.2 Å². The Morgan fingerprint density at radius 2 is 2.11 bits per heavy atom. The largest absolute Gasteiger partial charge is 0.497 e. The highest BCUT2D eigenvalue weighted by Gasteiger charge is 2.06. The van der Waals surface area contributed by atoms with E-state index in [9.17, 15) is 4.79 Å². The number of hydrogen-bond acceptors (Lipinski definition) is 4. The average molecular weight is 323 g/mol. The van der Waals surface area contributed by atoms with Crippen molar-refractivity contribution in [3.05, 3.63) is 46.7 Å². The van der Waals surface area contributed by atoms with E-state index in [2.05, 4.69) is 26.2 Å². The van der Waals surface area contributed by atoms with Gasteiger partial charge in [0.2, 0.25) is 0 Å². The maximum atomic E-state index is 10.8. The molecule has 0 unspecified atom stereocenters. The lowest BCUT2D eigenvalue weighted by Gasteiger charge is -2.09. The number of nitrogens with one attached hydrogen (secondary N) is 1. The summed E-state index contributed by atoms with van der Waals surface area (Å²) in [5.74, 6) is -0.361. The molecule has 0 radical (unpaired) electrons. The smallest absolute Gasteiger partial charge is 0.354 e. The fraction of sp³-hybridized carbons (Fsp3) is 0.0769. The Kier molecular flexibility index (Phi) is 4.01. The molecular formula is C13H11BrN2O3. The average Bonchev–Trinajstić information content (AvgIpc) is 2.38. The van der Waals surface area contributed by atoms with Crippen LogP contribution in [0.1, 0.15) is 10.5 Å². The number of hydrogen-bond donors (Lipinski definition) is 2. The summed E-state index contributed by atoms with van der Waals surface area (Å²) >= 11 is 3.38. The maximum Gasteiger partial charge on any atom is 0.354 e. The SMILES string of the molecule is COc1cc(Br)cc(Nc2ccnc(C(=O)O)c2)c1. The molecule has 1 aromatic heterocycles. The van der Waals surface area contributed by atoms with Gasteiger partial charge in [-0.3, -0.25) is 0 Å². The summed E-state index contributed by atoms with van der Waals surface area (Å²) in [6.07, 6.45) is 1.45. The Morgan fingerprint density at radius 3 is 2.79 bits per heavy atom. The number of halogens is 1. The predicted octanol–water partition coefficient (Wildman–Crippen LogP) is 3.29. The van der Waals surface area contributed by atoms with Crippen LogP contribution in [0.25, 0.3) is 0 Å². The molecule has 0 bridgehead atoms. The zero-order chi connectivity index (χ0) is 13.8. The first-order valence-electron chi connectivity index (χ1n) is 5.39. The van der Waals surface area contributed by atoms with E-state index in [0.29, 0.717) is 11.4 Å². The van der Waals surface area contributed by atoms with E-state index in [1.54, 1.807) is 13.2 Å². The van der Waals surface area contributed by atoms with Crippen LogP contribution in [0.5, 0.6) is 5.75 Å². The van der Waals surface area contributed by atoms with Gasteiger partial charge in [-0.25, -0.2) is 9.78 Å². The first-order valence-corrected chi connectivity index (χ1v) is 6.19. The zero-order valence-corrected chi connectivity index (χ0v) is 11.6. The van der Waals surface area contributed by atoms with Gasteiger partial charge in [0.05, 0.1) is 7.11 Å². The van der Waals surface area contributed by atoms with E-state index in [0.717, 1.165) is 10.2 Å². The van der Waals surface area contributed by atoms with Crippen molar-refractivity contribution in [2.45, 2.75) is 0 Å². The fourth-order valence-electron chi connectivity index (χ4n) is 1.54. The molecular weight excluding hydrogens is 312 g/mol. The van der Waals surface area contributed by atoms with Gasteiger partial charge in [0.15, 0.2) is 0 Å². The quantitative estimate of drug-likeness (QED) is 0.903. The summed E-state index contributed by atoms with van der Waals surface area (Å²) in [5, 5.41) is 12.0. The molecule has 2 aromatic rings. The predicted molar refractivity (Wildman–Crippen MR) is 75.2 cm³/mol. The van der Waals surface area contributed by atoms with Crippen LogP contribution in [0.4, 0.5) is 11.4 Å². The molecule has 0 saturated heterocycles. The number of carboxylic acids is 1. The van der Waals surface area contributed by atoms with E-state index in [1.807, 2.05) is 18.2 Å². The van der Waals surface area contributed by atoms with Crippen LogP contribution in [0, 0.1) is 0 Å². The Morgan fingerprint density at radius 1 is 1.32 bits per heavy atom. The van der Waals surface area contributed by atoms with Gasteiger partial charge in [-0.1, -0.05) is 15.9 Å². The van der Waals surface area contributed by atoms with Crippen molar-refractivity contribution in [1.82, 2.24) is 4.98 Å². The number of rotatable bonds is 4. The van der Waals surface area contributed by atoms with Gasteiger partial charge in [-0.05, 0) is 24.3 Å². The molecule has 0 spiro atoms. The molecule has 0 aliphatic carbocycles. The summed E-state index contributed by atoms with van der Waals surface area (Å²) in [6.45, 7) is 0. The number of carbonyl (C=O) groups is 1. The topological polar surface area (TPSA) is 71.5 Å². The summed E-state index contributed by atoms with van der Waals surface area (Å²) in [6, 6.07) is 8.67. The number of methoxy groups -OCH3 is 1. The molecule has 1 heterocycles. The number of carboxylic acid groups (broad SMARTS) is 1. The van der Waals surface area contributed by atoms with Gasteiger partial charge in [0, 0.05) is 28.1 Å². The van der Waals surface area contributed by atoms with Crippen molar-refractivity contribution in [3.63, 3.8) is 0 Å². The van der Waals surface area contributed by atoms with E-state index >= 15 is 0 Å². The van der Waals surface area contributed by atoms with E-state index in [1.165, 1.54) is 12.3 Å². The maximum absolute atomic E-state index is 10.8. The lowest BCUT2D eigenvalue weighted by Crippen LogP contribution is -2.01. The van der Waals surface area contributed by atoms with Crippen LogP contribution >= 0.6 is 15.9 Å². The second-order valence-electron chi connectivity index (χ2n) is 3.74. The van der Waals surface area contributed by atoms with Crippen molar-refractivity contribution < 1.29 is 14.6 Å². The molecule has 0 saturated carbocycles. The van der Waals surface area contributed by atoms with Crippen molar-refractivity contribution in [2.24, 2.45) is 0 Å². The van der Waals surface area contributed by atoms with Crippen LogP contribution in [-0.4, -0.2) is 23.2 Å². The molecule has 1 aromatic carbocycles. The molecule has 5 nitrogen and oxygen atoms in total. The fourth-order valence-corrected chi connectivity index (χ4v) is 2.02. The van der Waals surface area contributed by atoms with Gasteiger partial charge in [0.25, 0.3) is 0 Å². The highest BCUT2D eigenvalue weighted by Crippen LogP contribution is 2.26. The first kappa shape index (κ1) is 13.4. The van der Waals surface area contributed by atoms with Crippen molar-refractivity contribution in [3.8, 4) is 5.75 Å². The Bertz CT molecular complexity index is 617. The molecule has 0 aliphatic heterocycles. The number of ether oxygens (including phenoxy) is 1. The number of pyridine rings is 1. The Labute approximate surface area is 118 Å². The van der Waals surface area contributed by atoms with E-state index in [4.69, 9.17) is 9.84 Å². The monoisotopic (exact) mass is 322 g/mol. The molecule has 6 heteroatoms. The molecule has 0 aliphatic rings. The van der Waals surface area contributed by atoms with Crippen LogP contribution < -0.4 is 10.1 Å². The molecule has 0 fully saturated rings. The molecule has 0 amide bonds. The highest BCUT2D eigenvalue weighted by molar-refractivity contribution is 9.10. The van der Waals surface area contributed by atoms with Gasteiger partial charge in [-0.15, -0.1) is 0 Å². The van der Waals surface area contributed by atoms with Crippen LogP contribution in [0.15, 0.2) is 41.0 Å². The molecule has 0 atom stereocenters. The Balaban J connectivity index is 2.28. The lowest BCUT2D eigenvalue weighted by atomic mass is 10.2. The molecule has 19 heavy (non-hydrogen) atoms. The highest BCUT2D eigenvalue weighted by atomic mass is 79.9. The number of benzene rings is 1. The van der Waals surface area contributed by atoms with Crippen LogP contribution in [-0.2, 0) is 0 Å². The molecule has 2 rings (SSSR count). The Hall–Kier alpha value is -2.08. The second kappa shape index (κ2) is 5.71. The van der Waals surface area contributed by atoms with Crippen molar-refractivity contribution in [1.29, 1.82) is 0 Å². The summed E-state index contributed by atoms with van der Waals surface area (Å²) in [4.78, 5) is 14.6. The standard InChI is InChI=1S/C13H11BrN2O3/c1-19-11-5-8(14)4-10(6-11)16-9-2-3-15-12(7-9)13(17)18/h2-7H,1H3,(H,15,16)(H,17,18). The number of nitrogens with zero attached hydrogens (tertiary/aromatic N) is 1. The second-order valence-corrected chi connectivity index (χ2v) is 4.66. The van der Waals surface area contributed by atoms with Gasteiger partial charge in [0.1, 0.15) is 11.4 Å². The zero-order valence-electron chi connectivity index (χ0n) is 10.1. The minimum absolute atomic E-state index is 0.00744. The van der Waals surface area contributed by atoms with Gasteiger partial charge in [-0.2, -0.15) is 0 Å². The minimum Gasteiger partial charge on any atom is -0.497 e. The first-order chi connectivity index (χ1) is 9.08. The normalized spacial score (nSPS) is 10.0. The third kappa shape index (κ3) is 3.45. The molecule has 98 valence electrons. The number of aromatic nitrogens is 1. The summed E-state index contributed by atoms with van der Waals surface area (Å²) < 4.78 is 6.02. The third-order valence-corrected chi connectivity index (χ3v) is 2.83. The third-order valence-electron chi connectivity index (χ3n) is 2.37. The van der Waals surface area contributed by atoms with E-state index < -0.39 is 5.97 Å². The lowest BCUT2D eigenvalue weighted by molar-refractivity contribution is 0.0690. The minimum atomic E-state index is -1.06. The number of anilines is 2. The van der Waals surface area contributed by atoms with E-state index in [-0.39, 0.29) is 5.69 Å². The summed E-state index contributed by atoms with van der Waals surface area (Å²) in [7, 11) is 1.58. The number of aromatic carboxylic acids is 1. The molecule has 2 N–H and O–H groups in total. The van der Waals surface area contributed by atoms with Crippen molar-refractivity contribution in [2.75, 3.05) is 12.4 Å². The van der Waals surface area contributed by atoms with Crippen LogP contribution in [0.2, 0.25) is 0 Å². The van der Waals surface area contributed by atoms with Crippen molar-refractivity contribution >= 4 is 33.3 Å². The summed E-state index contributed by atoms with van der Waals surface area (Å²) in [5.41, 5.74) is 1.42. The van der Waals surface area contributed by atoms with Crippen LogP contribution in [0.3, 0.4) is 0 Å². The van der Waals surface area contributed by atoms with Gasteiger partial charge >= 0.3 is 5.97 Å².